The van der Waals surface area contributed by atoms with E-state index in [1.807, 2.05) is 18.5 Å². The molecule has 2 aromatic rings. The highest BCUT2D eigenvalue weighted by atomic mass is 16.5. The number of fused-ring (bicyclic) bond motifs is 1. The van der Waals surface area contributed by atoms with Crippen LogP contribution in [0.5, 0.6) is 5.75 Å². The molecule has 3 rings (SSSR count). The number of aromatic amines is 1. The van der Waals surface area contributed by atoms with E-state index in [0.29, 0.717) is 6.10 Å². The lowest BCUT2D eigenvalue weighted by atomic mass is 9.96. The topological polar surface area (TPSA) is 37.9 Å². The van der Waals surface area contributed by atoms with Crippen LogP contribution in [0.25, 0.3) is 10.9 Å². The number of rotatable bonds is 2. The molecule has 72 valence electrons. The average Bonchev–Trinajstić information content (AvgIpc) is 2.59. The minimum Gasteiger partial charge on any atom is -0.488 e. The van der Waals surface area contributed by atoms with Crippen molar-refractivity contribution in [1.29, 1.82) is 0 Å². The molecular weight excluding hydrogens is 176 g/mol. The van der Waals surface area contributed by atoms with Crippen LogP contribution in [-0.4, -0.2) is 16.1 Å². The lowest BCUT2D eigenvalue weighted by Crippen LogP contribution is -2.24. The third kappa shape index (κ3) is 1.16. The smallest absolute Gasteiger partial charge is 0.147 e. The van der Waals surface area contributed by atoms with E-state index in [1.54, 1.807) is 6.20 Å². The molecular formula is C11H12N2O. The summed E-state index contributed by atoms with van der Waals surface area (Å²) in [6.45, 7) is 0. The Morgan fingerprint density at radius 2 is 2.29 bits per heavy atom. The molecule has 0 aliphatic heterocycles. The van der Waals surface area contributed by atoms with Crippen LogP contribution in [0.4, 0.5) is 0 Å². The summed E-state index contributed by atoms with van der Waals surface area (Å²) in [5.74, 6) is 0.911. The first-order chi connectivity index (χ1) is 6.93. The van der Waals surface area contributed by atoms with Gasteiger partial charge in [-0.05, 0) is 25.3 Å². The van der Waals surface area contributed by atoms with Crippen molar-refractivity contribution in [3.63, 3.8) is 0 Å². The summed E-state index contributed by atoms with van der Waals surface area (Å²) in [4.78, 5) is 7.27. The molecule has 14 heavy (non-hydrogen) atoms. The molecule has 1 aliphatic carbocycles. The highest BCUT2D eigenvalue weighted by Crippen LogP contribution is 2.29. The Morgan fingerprint density at radius 3 is 3.07 bits per heavy atom. The van der Waals surface area contributed by atoms with Crippen molar-refractivity contribution in [2.75, 3.05) is 0 Å². The van der Waals surface area contributed by atoms with Gasteiger partial charge in [-0.2, -0.15) is 0 Å². The fourth-order valence-corrected chi connectivity index (χ4v) is 1.72. The maximum Gasteiger partial charge on any atom is 0.147 e. The number of hydrogen-bond donors (Lipinski definition) is 1. The van der Waals surface area contributed by atoms with E-state index in [1.165, 1.54) is 19.3 Å². The maximum atomic E-state index is 5.84. The summed E-state index contributed by atoms with van der Waals surface area (Å²) < 4.78 is 5.84. The lowest BCUT2D eigenvalue weighted by molar-refractivity contribution is 0.122. The van der Waals surface area contributed by atoms with E-state index in [4.69, 9.17) is 4.74 Å². The van der Waals surface area contributed by atoms with E-state index >= 15 is 0 Å². The lowest BCUT2D eigenvalue weighted by Gasteiger charge is -2.26. The van der Waals surface area contributed by atoms with Crippen molar-refractivity contribution in [1.82, 2.24) is 9.97 Å². The van der Waals surface area contributed by atoms with Crippen LogP contribution in [0.3, 0.4) is 0 Å². The molecule has 0 atom stereocenters. The SMILES string of the molecule is c1cc2c(OC3CCC3)cncc2[nH]1. The number of pyridine rings is 1. The average molecular weight is 188 g/mol. The van der Waals surface area contributed by atoms with Crippen LogP contribution in [0, 0.1) is 0 Å². The van der Waals surface area contributed by atoms with Gasteiger partial charge in [0.05, 0.1) is 24.0 Å². The molecule has 0 saturated heterocycles. The molecule has 1 aliphatic rings. The number of ether oxygens (including phenoxy) is 1. The summed E-state index contributed by atoms with van der Waals surface area (Å²) in [6.07, 6.45) is 9.61. The quantitative estimate of drug-likeness (QED) is 0.786. The van der Waals surface area contributed by atoms with Gasteiger partial charge in [0, 0.05) is 11.6 Å². The van der Waals surface area contributed by atoms with Crippen molar-refractivity contribution < 1.29 is 4.74 Å². The predicted molar refractivity (Wildman–Crippen MR) is 54.4 cm³/mol. The molecule has 3 heteroatoms. The van der Waals surface area contributed by atoms with Crippen LogP contribution in [0.15, 0.2) is 24.7 Å². The Hall–Kier alpha value is -1.51. The van der Waals surface area contributed by atoms with Crippen molar-refractivity contribution in [3.8, 4) is 5.75 Å². The van der Waals surface area contributed by atoms with E-state index in [-0.39, 0.29) is 0 Å². The molecule has 0 bridgehead atoms. The van der Waals surface area contributed by atoms with E-state index in [2.05, 4.69) is 9.97 Å². The summed E-state index contributed by atoms with van der Waals surface area (Å²) >= 11 is 0. The molecule has 0 radical (unpaired) electrons. The molecule has 0 amide bonds. The van der Waals surface area contributed by atoms with Gasteiger partial charge in [-0.1, -0.05) is 0 Å². The highest BCUT2D eigenvalue weighted by Gasteiger charge is 2.20. The Morgan fingerprint density at radius 1 is 1.36 bits per heavy atom. The van der Waals surface area contributed by atoms with Crippen molar-refractivity contribution in [2.24, 2.45) is 0 Å². The zero-order valence-corrected chi connectivity index (χ0v) is 7.86. The molecule has 3 nitrogen and oxygen atoms in total. The van der Waals surface area contributed by atoms with Crippen LogP contribution in [-0.2, 0) is 0 Å². The van der Waals surface area contributed by atoms with Gasteiger partial charge in [0.25, 0.3) is 0 Å². The second-order valence-corrected chi connectivity index (χ2v) is 3.75. The molecule has 0 aromatic carbocycles. The van der Waals surface area contributed by atoms with Crippen molar-refractivity contribution in [2.45, 2.75) is 25.4 Å². The fourth-order valence-electron chi connectivity index (χ4n) is 1.72. The van der Waals surface area contributed by atoms with Gasteiger partial charge in [0.1, 0.15) is 5.75 Å². The Balaban J connectivity index is 1.97. The number of hydrogen-bond acceptors (Lipinski definition) is 2. The normalized spacial score (nSPS) is 16.9. The van der Waals surface area contributed by atoms with Crippen LogP contribution in [0.2, 0.25) is 0 Å². The predicted octanol–water partition coefficient (Wildman–Crippen LogP) is 2.49. The van der Waals surface area contributed by atoms with Crippen LogP contribution >= 0.6 is 0 Å². The van der Waals surface area contributed by atoms with Gasteiger partial charge in [0.2, 0.25) is 0 Å². The van der Waals surface area contributed by atoms with Gasteiger partial charge >= 0.3 is 0 Å². The number of nitrogens with one attached hydrogen (secondary N) is 1. The molecule has 1 N–H and O–H groups in total. The van der Waals surface area contributed by atoms with E-state index in [9.17, 15) is 0 Å². The Labute approximate surface area is 82.1 Å². The zero-order valence-electron chi connectivity index (χ0n) is 7.86. The van der Waals surface area contributed by atoms with Crippen LogP contribution in [0.1, 0.15) is 19.3 Å². The second kappa shape index (κ2) is 3.01. The van der Waals surface area contributed by atoms with Crippen LogP contribution < -0.4 is 4.74 Å². The first-order valence-electron chi connectivity index (χ1n) is 5.01. The molecule has 2 heterocycles. The highest BCUT2D eigenvalue weighted by molar-refractivity contribution is 5.84. The summed E-state index contributed by atoms with van der Waals surface area (Å²) in [5, 5.41) is 1.13. The van der Waals surface area contributed by atoms with E-state index in [0.717, 1.165) is 16.7 Å². The molecule has 1 fully saturated rings. The Bertz CT molecular complexity index is 445. The number of H-pyrrole nitrogens is 1. The van der Waals surface area contributed by atoms with Gasteiger partial charge in [-0.25, -0.2) is 0 Å². The molecule has 0 spiro atoms. The van der Waals surface area contributed by atoms with Gasteiger partial charge < -0.3 is 9.72 Å². The molecule has 0 unspecified atom stereocenters. The third-order valence-electron chi connectivity index (χ3n) is 2.79. The van der Waals surface area contributed by atoms with E-state index < -0.39 is 0 Å². The monoisotopic (exact) mass is 188 g/mol. The first kappa shape index (κ1) is 7.85. The fraction of sp³-hybridized carbons (Fsp3) is 0.364. The van der Waals surface area contributed by atoms with Gasteiger partial charge in [-0.15, -0.1) is 0 Å². The standard InChI is InChI=1S/C11H12N2O/c1-2-8(3-1)14-11-7-12-6-10-9(11)4-5-13-10/h4-8,13H,1-3H2. The minimum atomic E-state index is 0.414. The largest absolute Gasteiger partial charge is 0.488 e. The maximum absolute atomic E-state index is 5.84. The van der Waals surface area contributed by atoms with Gasteiger partial charge in [0.15, 0.2) is 0 Å². The van der Waals surface area contributed by atoms with Crippen molar-refractivity contribution in [3.05, 3.63) is 24.7 Å². The van der Waals surface area contributed by atoms with Gasteiger partial charge in [-0.3, -0.25) is 4.98 Å². The summed E-state index contributed by atoms with van der Waals surface area (Å²) in [6, 6.07) is 2.03. The zero-order chi connectivity index (χ0) is 9.38. The summed E-state index contributed by atoms with van der Waals surface area (Å²) in [7, 11) is 0. The summed E-state index contributed by atoms with van der Waals surface area (Å²) in [5.41, 5.74) is 1.04. The third-order valence-corrected chi connectivity index (χ3v) is 2.79. The van der Waals surface area contributed by atoms with Crippen molar-refractivity contribution >= 4 is 10.9 Å². The molecule has 2 aromatic heterocycles. The second-order valence-electron chi connectivity index (χ2n) is 3.75. The Kier molecular flexibility index (Phi) is 1.69. The first-order valence-corrected chi connectivity index (χ1v) is 5.01. The molecule has 1 saturated carbocycles. The minimum absolute atomic E-state index is 0.414. The number of nitrogens with zero attached hydrogens (tertiary/aromatic N) is 1. The number of aromatic nitrogens is 2.